The minimum absolute atomic E-state index is 0.274. The van der Waals surface area contributed by atoms with Crippen molar-refractivity contribution in [2.24, 2.45) is 0 Å². The zero-order valence-electron chi connectivity index (χ0n) is 12.3. The molecule has 7 nitrogen and oxygen atoms in total. The molecule has 2 aromatic rings. The molecule has 22 heavy (non-hydrogen) atoms. The van der Waals surface area contributed by atoms with Gasteiger partial charge in [-0.15, -0.1) is 0 Å². The normalized spacial score (nSPS) is 13.4. The maximum absolute atomic E-state index is 11.9. The molecule has 0 bridgehead atoms. The van der Waals surface area contributed by atoms with Gasteiger partial charge in [-0.2, -0.15) is 5.10 Å². The lowest BCUT2D eigenvalue weighted by molar-refractivity contribution is 0.104. The van der Waals surface area contributed by atoms with E-state index in [0.717, 1.165) is 5.56 Å². The van der Waals surface area contributed by atoms with Crippen LogP contribution in [0.2, 0.25) is 5.02 Å². The highest BCUT2D eigenvalue weighted by Gasteiger charge is 2.16. The summed E-state index contributed by atoms with van der Waals surface area (Å²) in [5, 5.41) is 12.6. The molecule has 0 spiro atoms. The van der Waals surface area contributed by atoms with E-state index in [4.69, 9.17) is 16.3 Å². The largest absolute Gasteiger partial charge is 0.375 e. The Kier molecular flexibility index (Phi) is 5.74. The number of carbonyl (C=O) groups is 1. The van der Waals surface area contributed by atoms with E-state index in [9.17, 15) is 4.79 Å². The number of nitrogens with zero attached hydrogens (tertiary/aromatic N) is 2. The Morgan fingerprint density at radius 3 is 2.86 bits per heavy atom. The molecular formula is C14H18ClN5O2. The Morgan fingerprint density at radius 2 is 2.23 bits per heavy atom. The van der Waals surface area contributed by atoms with Crippen LogP contribution in [0.25, 0.3) is 0 Å². The first kappa shape index (κ1) is 16.3. The molecular weight excluding hydrogens is 306 g/mol. The molecule has 2 atom stereocenters. The fourth-order valence-corrected chi connectivity index (χ4v) is 2.24. The highest BCUT2D eigenvalue weighted by molar-refractivity contribution is 6.31. The predicted molar refractivity (Wildman–Crippen MR) is 82.5 cm³/mol. The molecule has 0 saturated carbocycles. The minimum atomic E-state index is -0.321. The van der Waals surface area contributed by atoms with Crippen molar-refractivity contribution in [3.05, 3.63) is 47.0 Å². The number of carbonyl (C=O) groups excluding carboxylic acids is 1. The number of hydrogen-bond donors (Lipinski definition) is 3. The van der Waals surface area contributed by atoms with Crippen molar-refractivity contribution in [1.29, 1.82) is 0 Å². The summed E-state index contributed by atoms with van der Waals surface area (Å²) in [7, 11) is 1.57. The first-order chi connectivity index (χ1) is 10.6. The highest BCUT2D eigenvalue weighted by atomic mass is 35.5. The van der Waals surface area contributed by atoms with Crippen molar-refractivity contribution >= 4 is 17.6 Å². The monoisotopic (exact) mass is 323 g/mol. The van der Waals surface area contributed by atoms with E-state index < -0.39 is 0 Å². The predicted octanol–water partition coefficient (Wildman–Crippen LogP) is 2.21. The number of urea groups is 1. The number of methoxy groups -OCH3 is 1. The zero-order chi connectivity index (χ0) is 15.9. The van der Waals surface area contributed by atoms with Crippen molar-refractivity contribution in [1.82, 2.24) is 25.8 Å². The van der Waals surface area contributed by atoms with Crippen LogP contribution in [0.15, 0.2) is 30.6 Å². The molecule has 2 rings (SSSR count). The van der Waals surface area contributed by atoms with Gasteiger partial charge in [-0.3, -0.25) is 5.10 Å². The van der Waals surface area contributed by atoms with Crippen LogP contribution in [-0.2, 0) is 4.74 Å². The maximum atomic E-state index is 11.9. The van der Waals surface area contributed by atoms with Gasteiger partial charge >= 0.3 is 6.03 Å². The van der Waals surface area contributed by atoms with Gasteiger partial charge in [0, 0.05) is 24.2 Å². The summed E-state index contributed by atoms with van der Waals surface area (Å²) in [6.45, 7) is 2.11. The van der Waals surface area contributed by atoms with Gasteiger partial charge in [0.05, 0.1) is 6.04 Å². The second-order valence-electron chi connectivity index (χ2n) is 4.69. The van der Waals surface area contributed by atoms with E-state index in [1.165, 1.54) is 6.33 Å². The Morgan fingerprint density at radius 1 is 1.45 bits per heavy atom. The van der Waals surface area contributed by atoms with E-state index in [1.807, 2.05) is 25.1 Å². The van der Waals surface area contributed by atoms with Gasteiger partial charge in [-0.25, -0.2) is 9.78 Å². The van der Waals surface area contributed by atoms with Gasteiger partial charge in [0.25, 0.3) is 0 Å². The van der Waals surface area contributed by atoms with Gasteiger partial charge in [0.2, 0.25) is 0 Å². The summed E-state index contributed by atoms with van der Waals surface area (Å²) in [6, 6.07) is 6.78. The third-order valence-corrected chi connectivity index (χ3v) is 3.52. The molecule has 0 aliphatic heterocycles. The van der Waals surface area contributed by atoms with Crippen molar-refractivity contribution in [3.8, 4) is 0 Å². The average molecular weight is 324 g/mol. The molecule has 118 valence electrons. The Labute approximate surface area is 133 Å². The Balaban J connectivity index is 1.88. The van der Waals surface area contributed by atoms with E-state index >= 15 is 0 Å². The van der Waals surface area contributed by atoms with E-state index in [1.54, 1.807) is 13.2 Å². The Hall–Kier alpha value is -2.12. The van der Waals surface area contributed by atoms with Crippen molar-refractivity contribution < 1.29 is 9.53 Å². The fourth-order valence-electron chi connectivity index (χ4n) is 1.98. The fraction of sp³-hybridized carbons (Fsp3) is 0.357. The van der Waals surface area contributed by atoms with Crippen LogP contribution in [0.3, 0.4) is 0 Å². The molecule has 0 aliphatic carbocycles. The first-order valence-corrected chi connectivity index (χ1v) is 7.16. The van der Waals surface area contributed by atoms with Crippen molar-refractivity contribution in [2.45, 2.75) is 19.1 Å². The first-order valence-electron chi connectivity index (χ1n) is 6.78. The molecule has 0 unspecified atom stereocenters. The number of ether oxygens (including phenoxy) is 1. The molecule has 2 amide bonds. The number of aromatic nitrogens is 3. The minimum Gasteiger partial charge on any atom is -0.375 e. The summed E-state index contributed by atoms with van der Waals surface area (Å²) in [6.07, 6.45) is 1.07. The summed E-state index contributed by atoms with van der Waals surface area (Å²) >= 11 is 6.14. The molecule has 0 saturated heterocycles. The average Bonchev–Trinajstić information content (AvgIpc) is 3.04. The van der Waals surface area contributed by atoms with E-state index in [-0.39, 0.29) is 18.2 Å². The third-order valence-electron chi connectivity index (χ3n) is 3.18. The third kappa shape index (κ3) is 4.19. The van der Waals surface area contributed by atoms with Crippen LogP contribution in [-0.4, -0.2) is 34.9 Å². The van der Waals surface area contributed by atoms with Gasteiger partial charge in [-0.05, 0) is 13.0 Å². The number of benzene rings is 1. The number of amides is 2. The summed E-state index contributed by atoms with van der Waals surface area (Å²) < 4.78 is 5.39. The highest BCUT2D eigenvalue weighted by Crippen LogP contribution is 2.24. The molecule has 0 aliphatic rings. The summed E-state index contributed by atoms with van der Waals surface area (Å²) in [5.74, 6) is 0.588. The lowest BCUT2D eigenvalue weighted by Crippen LogP contribution is -2.39. The molecule has 0 radical (unpaired) electrons. The standard InChI is InChI=1S/C14H18ClN5O2/c1-9(13-17-8-18-20-13)19-14(21)16-7-12(22-2)10-5-3-4-6-11(10)15/h3-6,8-9,12H,7H2,1-2H3,(H2,16,19,21)(H,17,18,20)/t9-,12+/m0/s1. The molecule has 1 aromatic heterocycles. The van der Waals surface area contributed by atoms with Crippen LogP contribution < -0.4 is 10.6 Å². The molecule has 1 aromatic carbocycles. The van der Waals surface area contributed by atoms with Crippen molar-refractivity contribution in [2.75, 3.05) is 13.7 Å². The van der Waals surface area contributed by atoms with E-state index in [2.05, 4.69) is 25.8 Å². The maximum Gasteiger partial charge on any atom is 0.315 e. The zero-order valence-corrected chi connectivity index (χ0v) is 13.1. The van der Waals surface area contributed by atoms with Crippen LogP contribution in [0, 0.1) is 0 Å². The van der Waals surface area contributed by atoms with Gasteiger partial charge in [0.1, 0.15) is 18.3 Å². The van der Waals surface area contributed by atoms with Crippen molar-refractivity contribution in [3.63, 3.8) is 0 Å². The number of hydrogen-bond acceptors (Lipinski definition) is 4. The van der Waals surface area contributed by atoms with Crippen LogP contribution >= 0.6 is 11.6 Å². The molecule has 0 fully saturated rings. The van der Waals surface area contributed by atoms with E-state index in [0.29, 0.717) is 17.4 Å². The lowest BCUT2D eigenvalue weighted by Gasteiger charge is -2.19. The molecule has 1 heterocycles. The van der Waals surface area contributed by atoms with Gasteiger partial charge in [0.15, 0.2) is 0 Å². The van der Waals surface area contributed by atoms with Crippen LogP contribution in [0.4, 0.5) is 4.79 Å². The molecule has 8 heteroatoms. The second-order valence-corrected chi connectivity index (χ2v) is 5.10. The quantitative estimate of drug-likeness (QED) is 0.760. The Bertz CT molecular complexity index is 605. The van der Waals surface area contributed by atoms with Crippen LogP contribution in [0.1, 0.15) is 30.5 Å². The van der Waals surface area contributed by atoms with Gasteiger partial charge in [-0.1, -0.05) is 29.8 Å². The second kappa shape index (κ2) is 7.77. The number of H-pyrrole nitrogens is 1. The number of aromatic amines is 1. The van der Waals surface area contributed by atoms with Crippen LogP contribution in [0.5, 0.6) is 0 Å². The summed E-state index contributed by atoms with van der Waals surface area (Å²) in [4.78, 5) is 15.9. The summed E-state index contributed by atoms with van der Waals surface area (Å²) in [5.41, 5.74) is 0.829. The number of rotatable bonds is 6. The molecule has 3 N–H and O–H groups in total. The SMILES string of the molecule is CO[C@H](CNC(=O)N[C@@H](C)c1ncn[nH]1)c1ccccc1Cl. The van der Waals surface area contributed by atoms with Gasteiger partial charge < -0.3 is 15.4 Å². The smallest absolute Gasteiger partial charge is 0.315 e. The lowest BCUT2D eigenvalue weighted by atomic mass is 10.1. The number of nitrogens with one attached hydrogen (secondary N) is 3. The number of halogens is 1. The topological polar surface area (TPSA) is 91.9 Å².